The number of hydrogen-bond donors (Lipinski definition) is 1. The van der Waals surface area contributed by atoms with Gasteiger partial charge in [0.15, 0.2) is 0 Å². The lowest BCUT2D eigenvalue weighted by molar-refractivity contribution is -0.0563. The Morgan fingerprint density at radius 1 is 1.19 bits per heavy atom. The summed E-state index contributed by atoms with van der Waals surface area (Å²) in [6.07, 6.45) is -3.97. The average Bonchev–Trinajstić information content (AvgIpc) is 2.67. The molecule has 0 saturated carbocycles. The fourth-order valence-corrected chi connectivity index (χ4v) is 3.17. The van der Waals surface area contributed by atoms with E-state index in [1.54, 1.807) is 0 Å². The smallest absolute Gasteiger partial charge is 0.357 e. The SMILES string of the molecule is COCN(C(=O)Nc1ccc(SC(F)(F)C(F)F)cc1F)C(=O)c1c(F)cccc1Cl. The summed E-state index contributed by atoms with van der Waals surface area (Å²) in [6, 6.07) is 4.36. The standard InChI is InChI=1S/C18H13ClF6N2O3S/c1-30-8-27(15(28)14-10(19)3-2-4-11(14)20)17(29)26-13-6-5-9(7-12(13)21)31-18(24,25)16(22)23/h2-7,16H,8H2,1H3,(H,26,29). The van der Waals surface area contributed by atoms with Crippen molar-refractivity contribution in [2.75, 3.05) is 19.2 Å². The van der Waals surface area contributed by atoms with Crippen LogP contribution in [0.4, 0.5) is 36.8 Å². The zero-order valence-corrected chi connectivity index (χ0v) is 17.0. The second kappa shape index (κ2) is 10.2. The van der Waals surface area contributed by atoms with Crippen LogP contribution in [-0.2, 0) is 4.74 Å². The molecule has 2 aromatic carbocycles. The first-order valence-corrected chi connectivity index (χ1v) is 9.37. The molecule has 13 heteroatoms. The van der Waals surface area contributed by atoms with Gasteiger partial charge in [-0.25, -0.2) is 27.3 Å². The minimum Gasteiger partial charge on any atom is -0.364 e. The van der Waals surface area contributed by atoms with E-state index in [9.17, 15) is 35.9 Å². The number of imide groups is 1. The van der Waals surface area contributed by atoms with E-state index in [-0.39, 0.29) is 5.02 Å². The van der Waals surface area contributed by atoms with Gasteiger partial charge in [-0.05, 0) is 42.1 Å². The summed E-state index contributed by atoms with van der Waals surface area (Å²) in [7, 11) is 1.13. The maximum absolute atomic E-state index is 14.2. The summed E-state index contributed by atoms with van der Waals surface area (Å²) < 4.78 is 83.7. The first-order chi connectivity index (χ1) is 14.5. The number of anilines is 1. The largest absolute Gasteiger partial charge is 0.364 e. The Morgan fingerprint density at radius 3 is 2.42 bits per heavy atom. The Labute approximate surface area is 181 Å². The van der Waals surface area contributed by atoms with Crippen LogP contribution in [-0.4, -0.2) is 42.4 Å². The highest BCUT2D eigenvalue weighted by atomic mass is 35.5. The number of carbonyl (C=O) groups excluding carboxylic acids is 2. The van der Waals surface area contributed by atoms with Crippen molar-refractivity contribution in [1.82, 2.24) is 4.90 Å². The summed E-state index contributed by atoms with van der Waals surface area (Å²) in [6.45, 7) is -0.661. The minimum atomic E-state index is -4.45. The molecule has 31 heavy (non-hydrogen) atoms. The average molecular weight is 487 g/mol. The van der Waals surface area contributed by atoms with Gasteiger partial charge in [-0.3, -0.25) is 4.79 Å². The van der Waals surface area contributed by atoms with Gasteiger partial charge in [0.25, 0.3) is 5.91 Å². The number of carbonyl (C=O) groups is 2. The van der Waals surface area contributed by atoms with E-state index in [1.807, 2.05) is 5.32 Å². The molecule has 0 spiro atoms. The second-order valence-electron chi connectivity index (χ2n) is 5.78. The van der Waals surface area contributed by atoms with Crippen molar-refractivity contribution in [2.24, 2.45) is 0 Å². The summed E-state index contributed by atoms with van der Waals surface area (Å²) in [5, 5.41) is -2.73. The fraction of sp³-hybridized carbons (Fsp3) is 0.222. The topological polar surface area (TPSA) is 58.6 Å². The van der Waals surface area contributed by atoms with E-state index in [2.05, 4.69) is 0 Å². The van der Waals surface area contributed by atoms with Gasteiger partial charge in [-0.1, -0.05) is 17.7 Å². The van der Waals surface area contributed by atoms with Crippen molar-refractivity contribution >= 4 is 41.0 Å². The van der Waals surface area contributed by atoms with Crippen LogP contribution in [0, 0.1) is 11.6 Å². The number of thioether (sulfide) groups is 1. The zero-order chi connectivity index (χ0) is 23.3. The normalized spacial score (nSPS) is 11.5. The molecular formula is C18H13ClF6N2O3S. The van der Waals surface area contributed by atoms with E-state index in [4.69, 9.17) is 16.3 Å². The molecule has 0 unspecified atom stereocenters. The molecule has 0 bridgehead atoms. The lowest BCUT2D eigenvalue weighted by atomic mass is 10.2. The number of nitrogens with one attached hydrogen (secondary N) is 1. The summed E-state index contributed by atoms with van der Waals surface area (Å²) in [4.78, 5) is 24.9. The van der Waals surface area contributed by atoms with Gasteiger partial charge in [0.1, 0.15) is 18.4 Å². The molecule has 0 aliphatic carbocycles. The Balaban J connectivity index is 2.24. The fourth-order valence-electron chi connectivity index (χ4n) is 2.22. The van der Waals surface area contributed by atoms with Gasteiger partial charge in [0.05, 0.1) is 16.3 Å². The van der Waals surface area contributed by atoms with Crippen molar-refractivity contribution in [3.63, 3.8) is 0 Å². The molecule has 0 heterocycles. The summed E-state index contributed by atoms with van der Waals surface area (Å²) in [5.41, 5.74) is -1.18. The van der Waals surface area contributed by atoms with Crippen LogP contribution < -0.4 is 5.32 Å². The molecule has 0 aromatic heterocycles. The highest BCUT2D eigenvalue weighted by molar-refractivity contribution is 8.00. The van der Waals surface area contributed by atoms with Crippen LogP contribution in [0.15, 0.2) is 41.3 Å². The monoisotopic (exact) mass is 486 g/mol. The van der Waals surface area contributed by atoms with Crippen molar-refractivity contribution in [1.29, 1.82) is 0 Å². The number of nitrogens with zero attached hydrogens (tertiary/aromatic N) is 1. The molecule has 2 aromatic rings. The highest BCUT2D eigenvalue weighted by Gasteiger charge is 2.42. The Hall–Kier alpha value is -2.44. The number of ether oxygens (including phenoxy) is 1. The number of urea groups is 1. The maximum Gasteiger partial charge on any atom is 0.357 e. The van der Waals surface area contributed by atoms with Crippen molar-refractivity contribution in [3.05, 3.63) is 58.6 Å². The first kappa shape index (κ1) is 24.8. The van der Waals surface area contributed by atoms with Crippen LogP contribution in [0.3, 0.4) is 0 Å². The van der Waals surface area contributed by atoms with Crippen LogP contribution >= 0.6 is 23.4 Å². The number of benzene rings is 2. The predicted molar refractivity (Wildman–Crippen MR) is 102 cm³/mol. The number of methoxy groups -OCH3 is 1. The van der Waals surface area contributed by atoms with E-state index >= 15 is 0 Å². The third-order valence-electron chi connectivity index (χ3n) is 3.62. The third kappa shape index (κ3) is 6.05. The van der Waals surface area contributed by atoms with Crippen molar-refractivity contribution in [3.8, 4) is 0 Å². The molecule has 0 saturated heterocycles. The van der Waals surface area contributed by atoms with Gasteiger partial charge >= 0.3 is 17.7 Å². The number of halogens is 7. The van der Waals surface area contributed by atoms with E-state index in [1.165, 1.54) is 12.1 Å². The van der Waals surface area contributed by atoms with Gasteiger partial charge in [0, 0.05) is 12.0 Å². The predicted octanol–water partition coefficient (Wildman–Crippen LogP) is 5.85. The Morgan fingerprint density at radius 2 is 1.87 bits per heavy atom. The first-order valence-electron chi connectivity index (χ1n) is 8.18. The van der Waals surface area contributed by atoms with E-state index in [0.717, 1.165) is 25.3 Å². The molecule has 2 rings (SSSR count). The maximum atomic E-state index is 14.2. The molecule has 168 valence electrons. The molecule has 3 amide bonds. The lowest BCUT2D eigenvalue weighted by Gasteiger charge is -2.21. The van der Waals surface area contributed by atoms with Gasteiger partial charge in [-0.15, -0.1) is 0 Å². The summed E-state index contributed by atoms with van der Waals surface area (Å²) in [5.74, 6) is -3.44. The van der Waals surface area contributed by atoms with Crippen molar-refractivity contribution in [2.45, 2.75) is 16.6 Å². The van der Waals surface area contributed by atoms with Gasteiger partial charge in [-0.2, -0.15) is 8.78 Å². The van der Waals surface area contributed by atoms with Crippen LogP contribution in [0.2, 0.25) is 5.02 Å². The van der Waals surface area contributed by atoms with Crippen LogP contribution in [0.25, 0.3) is 0 Å². The number of alkyl halides is 4. The lowest BCUT2D eigenvalue weighted by Crippen LogP contribution is -2.41. The van der Waals surface area contributed by atoms with E-state index in [0.29, 0.717) is 11.0 Å². The van der Waals surface area contributed by atoms with Crippen LogP contribution in [0.1, 0.15) is 10.4 Å². The number of amides is 3. The summed E-state index contributed by atoms with van der Waals surface area (Å²) >= 11 is 5.25. The van der Waals surface area contributed by atoms with Crippen molar-refractivity contribution < 1.29 is 40.7 Å². The molecule has 1 N–H and O–H groups in total. The molecule has 0 fully saturated rings. The minimum absolute atomic E-state index is 0.286. The molecule has 0 radical (unpaired) electrons. The second-order valence-corrected chi connectivity index (χ2v) is 7.41. The molecular weight excluding hydrogens is 474 g/mol. The zero-order valence-electron chi connectivity index (χ0n) is 15.5. The van der Waals surface area contributed by atoms with Gasteiger partial charge < -0.3 is 10.1 Å². The number of hydrogen-bond acceptors (Lipinski definition) is 4. The number of rotatable bonds is 7. The Bertz CT molecular complexity index is 959. The van der Waals surface area contributed by atoms with E-state index < -0.39 is 69.9 Å². The molecule has 0 aliphatic rings. The molecule has 0 aliphatic heterocycles. The molecule has 5 nitrogen and oxygen atoms in total. The van der Waals surface area contributed by atoms with Crippen LogP contribution in [0.5, 0.6) is 0 Å². The quantitative estimate of drug-likeness (QED) is 0.303. The van der Waals surface area contributed by atoms with Gasteiger partial charge in [0.2, 0.25) is 0 Å². The molecule has 0 atom stereocenters. The Kier molecular flexibility index (Phi) is 8.21. The third-order valence-corrected chi connectivity index (χ3v) is 4.87. The highest BCUT2D eigenvalue weighted by Crippen LogP contribution is 2.41.